The number of hydrogen-bond acceptors (Lipinski definition) is 7. The molecule has 38 heavy (non-hydrogen) atoms. The Balaban J connectivity index is 1.72. The summed E-state index contributed by atoms with van der Waals surface area (Å²) in [6, 6.07) is 13.4. The molecule has 0 spiro atoms. The Hall–Kier alpha value is -3.56. The molecule has 2 amide bonds. The first-order chi connectivity index (χ1) is 18.0. The highest BCUT2D eigenvalue weighted by Crippen LogP contribution is 2.17. The molecule has 0 aromatic heterocycles. The molecule has 0 radical (unpaired) electrons. The number of Topliss-reactive ketones (excluding diaryl/α,β-unsaturated/α-hetero) is 3. The quantitative estimate of drug-likeness (QED) is 0.295. The van der Waals surface area contributed by atoms with E-state index in [1.165, 1.54) is 19.1 Å². The van der Waals surface area contributed by atoms with Crippen LogP contribution >= 0.6 is 11.6 Å². The van der Waals surface area contributed by atoms with Crippen molar-refractivity contribution in [2.24, 2.45) is 11.8 Å². The molecule has 3 N–H and O–H groups in total. The number of carbonyl (C=O) groups excluding carboxylic acids is 5. The number of phenols is 1. The lowest BCUT2D eigenvalue weighted by molar-refractivity contribution is -0.132. The molecule has 0 heterocycles. The van der Waals surface area contributed by atoms with Gasteiger partial charge in [-0.15, -0.1) is 0 Å². The average molecular weight is 545 g/mol. The lowest BCUT2D eigenvalue weighted by Gasteiger charge is -2.16. The van der Waals surface area contributed by atoms with E-state index in [-0.39, 0.29) is 68.7 Å². The summed E-state index contributed by atoms with van der Waals surface area (Å²) in [6.07, 6.45) is 0.156. The van der Waals surface area contributed by atoms with Crippen molar-refractivity contribution in [3.05, 3.63) is 64.7 Å². The second-order valence-corrected chi connectivity index (χ2v) is 9.58. The third kappa shape index (κ3) is 11.2. The Kier molecular flexibility index (Phi) is 12.6. The summed E-state index contributed by atoms with van der Waals surface area (Å²) in [4.78, 5) is 61.0. The average Bonchev–Trinajstić information content (AvgIpc) is 2.87. The minimum absolute atomic E-state index is 0.00976. The highest BCUT2D eigenvalue weighted by atomic mass is 35.5. The zero-order valence-corrected chi connectivity index (χ0v) is 22.3. The molecule has 2 rings (SSSR count). The first-order valence-corrected chi connectivity index (χ1v) is 12.6. The standard InChI is InChI=1S/C28H33ClN2O7/c1-18(27(36)30-15-25(35)17-38-16-21-5-3-4-6-26(21)29)11-24(34)14-31-28(37)22(12-19(2)32)13-20-7-9-23(33)10-8-20/h3-10,18,22,33H,11-17H2,1-2H3,(H,30,36)(H,31,37)/t18-,22+/m1/s1. The van der Waals surface area contributed by atoms with Gasteiger partial charge in [0.15, 0.2) is 11.6 Å². The van der Waals surface area contributed by atoms with E-state index in [0.29, 0.717) is 5.02 Å². The molecule has 10 heteroatoms. The predicted octanol–water partition coefficient (Wildman–Crippen LogP) is 2.80. The maximum atomic E-state index is 12.6. The summed E-state index contributed by atoms with van der Waals surface area (Å²) in [7, 11) is 0. The number of benzene rings is 2. The van der Waals surface area contributed by atoms with Crippen LogP contribution in [-0.4, -0.2) is 54.0 Å². The molecule has 0 saturated carbocycles. The molecule has 0 unspecified atom stereocenters. The third-order valence-electron chi connectivity index (χ3n) is 5.70. The first kappa shape index (κ1) is 30.7. The minimum Gasteiger partial charge on any atom is -0.508 e. The Bertz CT molecular complexity index is 1130. The number of aromatic hydroxyl groups is 1. The molecular weight excluding hydrogens is 512 g/mol. The van der Waals surface area contributed by atoms with Crippen molar-refractivity contribution in [3.8, 4) is 5.75 Å². The predicted molar refractivity (Wildman–Crippen MR) is 142 cm³/mol. The van der Waals surface area contributed by atoms with E-state index >= 15 is 0 Å². The van der Waals surface area contributed by atoms with E-state index in [2.05, 4.69) is 10.6 Å². The zero-order chi connectivity index (χ0) is 28.1. The highest BCUT2D eigenvalue weighted by Gasteiger charge is 2.23. The Morgan fingerprint density at radius 1 is 0.895 bits per heavy atom. The van der Waals surface area contributed by atoms with Crippen molar-refractivity contribution in [2.75, 3.05) is 19.7 Å². The van der Waals surface area contributed by atoms with Crippen LogP contribution in [0.25, 0.3) is 0 Å². The van der Waals surface area contributed by atoms with Crippen LogP contribution in [0.5, 0.6) is 5.75 Å². The van der Waals surface area contributed by atoms with Gasteiger partial charge in [0.2, 0.25) is 11.8 Å². The third-order valence-corrected chi connectivity index (χ3v) is 6.07. The molecule has 9 nitrogen and oxygen atoms in total. The van der Waals surface area contributed by atoms with E-state index < -0.39 is 23.7 Å². The molecular formula is C28H33ClN2O7. The lowest BCUT2D eigenvalue weighted by Crippen LogP contribution is -2.39. The zero-order valence-electron chi connectivity index (χ0n) is 21.5. The minimum atomic E-state index is -0.707. The van der Waals surface area contributed by atoms with Crippen molar-refractivity contribution in [2.45, 2.75) is 39.7 Å². The van der Waals surface area contributed by atoms with Crippen LogP contribution in [0.2, 0.25) is 5.02 Å². The largest absolute Gasteiger partial charge is 0.508 e. The monoisotopic (exact) mass is 544 g/mol. The Morgan fingerprint density at radius 2 is 1.53 bits per heavy atom. The SMILES string of the molecule is CC(=O)C[C@@H](Cc1ccc(O)cc1)C(=O)NCC(=O)C[C@@H](C)C(=O)NCC(=O)COCc1ccccc1Cl. The maximum absolute atomic E-state index is 12.6. The van der Waals surface area contributed by atoms with Gasteiger partial charge >= 0.3 is 0 Å². The van der Waals surface area contributed by atoms with Crippen LogP contribution in [0, 0.1) is 11.8 Å². The van der Waals surface area contributed by atoms with Gasteiger partial charge in [0, 0.05) is 29.7 Å². The molecule has 0 bridgehead atoms. The molecule has 0 saturated heterocycles. The van der Waals surface area contributed by atoms with Crippen LogP contribution in [0.4, 0.5) is 0 Å². The number of hydrogen-bond donors (Lipinski definition) is 3. The molecule has 0 aliphatic carbocycles. The summed E-state index contributed by atoms with van der Waals surface area (Å²) in [5.41, 5.74) is 1.52. The van der Waals surface area contributed by atoms with E-state index in [0.717, 1.165) is 11.1 Å². The van der Waals surface area contributed by atoms with Crippen LogP contribution in [-0.2, 0) is 41.7 Å². The topological polar surface area (TPSA) is 139 Å². The van der Waals surface area contributed by atoms with Crippen LogP contribution in [0.3, 0.4) is 0 Å². The van der Waals surface area contributed by atoms with Gasteiger partial charge in [-0.3, -0.25) is 19.2 Å². The van der Waals surface area contributed by atoms with Crippen LogP contribution in [0.1, 0.15) is 37.8 Å². The number of rotatable bonds is 16. The fourth-order valence-corrected chi connectivity index (χ4v) is 3.85. The van der Waals surface area contributed by atoms with Gasteiger partial charge in [-0.05, 0) is 42.7 Å². The van der Waals surface area contributed by atoms with E-state index in [1.54, 1.807) is 37.3 Å². The van der Waals surface area contributed by atoms with Crippen molar-refractivity contribution in [1.82, 2.24) is 10.6 Å². The van der Waals surface area contributed by atoms with Gasteiger partial charge in [-0.2, -0.15) is 0 Å². The Labute approximate surface area is 226 Å². The number of ether oxygens (including phenoxy) is 1. The van der Waals surface area contributed by atoms with E-state index in [4.69, 9.17) is 16.3 Å². The maximum Gasteiger partial charge on any atom is 0.224 e. The fourth-order valence-electron chi connectivity index (χ4n) is 3.66. The summed E-state index contributed by atoms with van der Waals surface area (Å²) in [6.45, 7) is 2.39. The van der Waals surface area contributed by atoms with E-state index in [1.807, 2.05) is 6.07 Å². The molecule has 204 valence electrons. The van der Waals surface area contributed by atoms with E-state index in [9.17, 15) is 29.1 Å². The second kappa shape index (κ2) is 15.6. The molecule has 0 aliphatic heterocycles. The first-order valence-electron chi connectivity index (χ1n) is 12.2. The van der Waals surface area contributed by atoms with Gasteiger partial charge in [-0.25, -0.2) is 0 Å². The van der Waals surface area contributed by atoms with Gasteiger partial charge in [-0.1, -0.05) is 48.9 Å². The molecule has 2 aromatic carbocycles. The molecule has 0 aliphatic rings. The van der Waals surface area contributed by atoms with Crippen molar-refractivity contribution in [1.29, 1.82) is 0 Å². The summed E-state index contributed by atoms with van der Waals surface area (Å²) in [5.74, 6) is -3.05. The van der Waals surface area contributed by atoms with Crippen molar-refractivity contribution >= 4 is 40.8 Å². The van der Waals surface area contributed by atoms with Crippen LogP contribution in [0.15, 0.2) is 48.5 Å². The summed E-state index contributed by atoms with van der Waals surface area (Å²) < 4.78 is 5.35. The number of amides is 2. The van der Waals surface area contributed by atoms with Gasteiger partial charge in [0.1, 0.15) is 18.1 Å². The second-order valence-electron chi connectivity index (χ2n) is 9.18. The summed E-state index contributed by atoms with van der Waals surface area (Å²) in [5, 5.41) is 15.0. The number of nitrogens with one attached hydrogen (secondary N) is 2. The fraction of sp³-hybridized carbons (Fsp3) is 0.393. The number of ketones is 3. The van der Waals surface area contributed by atoms with Crippen molar-refractivity contribution in [3.63, 3.8) is 0 Å². The summed E-state index contributed by atoms with van der Waals surface area (Å²) >= 11 is 6.04. The lowest BCUT2D eigenvalue weighted by atomic mass is 9.93. The van der Waals surface area contributed by atoms with Crippen molar-refractivity contribution < 1.29 is 33.8 Å². The molecule has 2 atom stereocenters. The highest BCUT2D eigenvalue weighted by molar-refractivity contribution is 6.31. The Morgan fingerprint density at radius 3 is 2.18 bits per heavy atom. The normalized spacial score (nSPS) is 12.3. The number of phenolic OH excluding ortho intramolecular Hbond substituents is 1. The molecule has 2 aromatic rings. The smallest absolute Gasteiger partial charge is 0.224 e. The van der Waals surface area contributed by atoms with Crippen LogP contribution < -0.4 is 10.6 Å². The van der Waals surface area contributed by atoms with Gasteiger partial charge < -0.3 is 25.3 Å². The van der Waals surface area contributed by atoms with Gasteiger partial charge in [0.25, 0.3) is 0 Å². The number of carbonyl (C=O) groups is 5. The van der Waals surface area contributed by atoms with Gasteiger partial charge in [0.05, 0.1) is 19.7 Å². The molecule has 0 fully saturated rings. The number of halogens is 1.